The van der Waals surface area contributed by atoms with Gasteiger partial charge in [-0.25, -0.2) is 4.99 Å². The predicted octanol–water partition coefficient (Wildman–Crippen LogP) is 8.30. The summed E-state index contributed by atoms with van der Waals surface area (Å²) in [5.74, 6) is 1.26. The Morgan fingerprint density at radius 3 is 2.72 bits per heavy atom. The number of hydrogen-bond acceptors (Lipinski definition) is 4. The zero-order chi connectivity index (χ0) is 27.1. The van der Waals surface area contributed by atoms with Crippen molar-refractivity contribution >= 4 is 50.3 Å². The Hall–Kier alpha value is -3.64. The predicted molar refractivity (Wildman–Crippen MR) is 162 cm³/mol. The summed E-state index contributed by atoms with van der Waals surface area (Å²) in [6.07, 6.45) is 6.55. The summed E-state index contributed by atoms with van der Waals surface area (Å²) in [5, 5.41) is 6.34. The first-order valence-corrected chi connectivity index (χ1v) is 14.6. The summed E-state index contributed by atoms with van der Waals surface area (Å²) in [6, 6.07) is 18.8. The fraction of sp³-hybridized carbons (Fsp3) is 0.333. The first kappa shape index (κ1) is 25.6. The minimum atomic E-state index is -0.0771. The second kappa shape index (κ2) is 10.2. The number of aromatic nitrogens is 1. The highest BCUT2D eigenvalue weighted by Crippen LogP contribution is 2.45. The van der Waals surface area contributed by atoms with Crippen molar-refractivity contribution in [3.8, 4) is 0 Å². The van der Waals surface area contributed by atoms with Gasteiger partial charge >= 0.3 is 0 Å². The van der Waals surface area contributed by atoms with E-state index in [1.807, 2.05) is 18.3 Å². The number of aliphatic imine (C=N–C) groups is 1. The molecule has 0 saturated heterocycles. The summed E-state index contributed by atoms with van der Waals surface area (Å²) in [5.41, 5.74) is 5.65. The lowest BCUT2D eigenvalue weighted by molar-refractivity contribution is 0.0947. The molecule has 39 heavy (non-hydrogen) atoms. The molecule has 0 aliphatic heterocycles. The van der Waals surface area contributed by atoms with Gasteiger partial charge in [-0.2, -0.15) is 0 Å². The molecule has 3 heterocycles. The maximum atomic E-state index is 13.5. The van der Waals surface area contributed by atoms with Crippen LogP contribution < -0.4 is 5.32 Å². The van der Waals surface area contributed by atoms with Crippen LogP contribution in [-0.2, 0) is 25.9 Å². The van der Waals surface area contributed by atoms with E-state index in [2.05, 4.69) is 80.0 Å². The normalized spacial score (nSPS) is 15.8. The smallest absolute Gasteiger partial charge is 0.255 e. The van der Waals surface area contributed by atoms with Crippen molar-refractivity contribution in [2.45, 2.75) is 60.0 Å². The number of carbonyl (C=O) groups excluding carboxylic acids is 1. The number of carbonyl (C=O) groups is 1. The molecule has 6 heteroatoms. The van der Waals surface area contributed by atoms with Gasteiger partial charge in [0.25, 0.3) is 5.91 Å². The number of thiophene rings is 1. The second-order valence-electron chi connectivity index (χ2n) is 11.5. The van der Waals surface area contributed by atoms with Gasteiger partial charge < -0.3 is 14.3 Å². The van der Waals surface area contributed by atoms with E-state index >= 15 is 0 Å². The van der Waals surface area contributed by atoms with Gasteiger partial charge in [-0.3, -0.25) is 4.79 Å². The van der Waals surface area contributed by atoms with E-state index in [4.69, 9.17) is 9.41 Å². The average molecular weight is 538 g/mol. The molecule has 1 amide bonds. The highest BCUT2D eigenvalue weighted by atomic mass is 32.1. The molecule has 0 unspecified atom stereocenters. The summed E-state index contributed by atoms with van der Waals surface area (Å²) >= 11 is 1.68. The third kappa shape index (κ3) is 4.82. The van der Waals surface area contributed by atoms with Gasteiger partial charge in [0.1, 0.15) is 10.8 Å². The standard InChI is InChI=1S/C33H35N3O2S/c1-5-36-27-11-7-6-10-24(27)26-17-21(12-15-28(26)36)19-35-32-30(31(37)34-20-23-9-8-16-38-23)25-14-13-22(33(2,3)4)18-29(25)39-32/h6-12,15-17,19,22H,5,13-14,18,20H2,1-4H3,(H,34,37)/t22-/m1/s1. The summed E-state index contributed by atoms with van der Waals surface area (Å²) < 4.78 is 7.79. The van der Waals surface area contributed by atoms with Gasteiger partial charge in [-0.1, -0.05) is 45.0 Å². The molecule has 1 aliphatic carbocycles. The number of nitrogens with one attached hydrogen (secondary N) is 1. The molecule has 0 bridgehead atoms. The number of furan rings is 1. The van der Waals surface area contributed by atoms with E-state index in [9.17, 15) is 4.79 Å². The Balaban J connectivity index is 1.36. The fourth-order valence-electron chi connectivity index (χ4n) is 5.93. The van der Waals surface area contributed by atoms with Crippen molar-refractivity contribution in [1.82, 2.24) is 9.88 Å². The molecule has 3 aromatic heterocycles. The van der Waals surface area contributed by atoms with Gasteiger partial charge in [0, 0.05) is 39.4 Å². The number of rotatable bonds is 6. The number of fused-ring (bicyclic) bond motifs is 4. The van der Waals surface area contributed by atoms with Gasteiger partial charge in [0.2, 0.25) is 0 Å². The van der Waals surface area contributed by atoms with Crippen molar-refractivity contribution in [1.29, 1.82) is 0 Å². The van der Waals surface area contributed by atoms with Crippen LogP contribution in [-0.4, -0.2) is 16.7 Å². The molecule has 200 valence electrons. The van der Waals surface area contributed by atoms with Gasteiger partial charge in [0.15, 0.2) is 0 Å². The van der Waals surface area contributed by atoms with Crippen LogP contribution in [0.4, 0.5) is 5.00 Å². The van der Waals surface area contributed by atoms with Crippen LogP contribution >= 0.6 is 11.3 Å². The van der Waals surface area contributed by atoms with Crippen LogP contribution in [0.3, 0.4) is 0 Å². The minimum Gasteiger partial charge on any atom is -0.467 e. The molecule has 2 aromatic carbocycles. The zero-order valence-corrected chi connectivity index (χ0v) is 23.9. The van der Waals surface area contributed by atoms with Crippen LogP contribution in [0, 0.1) is 11.3 Å². The number of hydrogen-bond donors (Lipinski definition) is 1. The topological polar surface area (TPSA) is 59.5 Å². The molecule has 1 atom stereocenters. The lowest BCUT2D eigenvalue weighted by atomic mass is 9.72. The Morgan fingerprint density at radius 2 is 1.95 bits per heavy atom. The molecule has 5 aromatic rings. The molecule has 5 nitrogen and oxygen atoms in total. The molecular formula is C33H35N3O2S. The third-order valence-corrected chi connectivity index (χ3v) is 9.31. The highest BCUT2D eigenvalue weighted by molar-refractivity contribution is 7.16. The molecule has 0 fully saturated rings. The second-order valence-corrected chi connectivity index (χ2v) is 12.6. The van der Waals surface area contributed by atoms with E-state index in [0.717, 1.165) is 47.7 Å². The van der Waals surface area contributed by atoms with Gasteiger partial charge in [-0.05, 0) is 79.0 Å². The Morgan fingerprint density at radius 1 is 1.13 bits per heavy atom. The Labute approximate surface area is 233 Å². The van der Waals surface area contributed by atoms with Crippen LogP contribution in [0.15, 0.2) is 70.3 Å². The van der Waals surface area contributed by atoms with Crippen LogP contribution in [0.2, 0.25) is 0 Å². The lowest BCUT2D eigenvalue weighted by Crippen LogP contribution is -2.28. The Bertz CT molecular complexity index is 1680. The SMILES string of the molecule is CCn1c2ccccc2c2cc(C=Nc3sc4c(c3C(=O)NCc3ccco3)CC[C@@H](C(C)(C)C)C4)ccc21. The van der Waals surface area contributed by atoms with Crippen LogP contribution in [0.1, 0.15) is 66.2 Å². The molecular weight excluding hydrogens is 502 g/mol. The zero-order valence-electron chi connectivity index (χ0n) is 23.1. The van der Waals surface area contributed by atoms with Crippen LogP contribution in [0.25, 0.3) is 21.8 Å². The van der Waals surface area contributed by atoms with Crippen molar-refractivity contribution in [2.24, 2.45) is 16.3 Å². The minimum absolute atomic E-state index is 0.0771. The first-order chi connectivity index (χ1) is 18.8. The fourth-order valence-corrected chi connectivity index (χ4v) is 7.20. The Kier molecular flexibility index (Phi) is 6.67. The van der Waals surface area contributed by atoms with E-state index in [1.165, 1.54) is 32.2 Å². The molecule has 1 aliphatic rings. The van der Waals surface area contributed by atoms with E-state index < -0.39 is 0 Å². The summed E-state index contributed by atoms with van der Waals surface area (Å²) in [4.78, 5) is 19.8. The average Bonchev–Trinajstić information content (AvgIpc) is 3.65. The lowest BCUT2D eigenvalue weighted by Gasteiger charge is -2.33. The van der Waals surface area contributed by atoms with Crippen molar-refractivity contribution in [3.05, 3.63) is 88.2 Å². The highest BCUT2D eigenvalue weighted by Gasteiger charge is 2.33. The van der Waals surface area contributed by atoms with E-state index in [1.54, 1.807) is 17.6 Å². The maximum absolute atomic E-state index is 13.5. The molecule has 0 radical (unpaired) electrons. The summed E-state index contributed by atoms with van der Waals surface area (Å²) in [7, 11) is 0. The number of amides is 1. The van der Waals surface area contributed by atoms with Gasteiger partial charge in [-0.15, -0.1) is 11.3 Å². The van der Waals surface area contributed by atoms with Gasteiger partial charge in [0.05, 0.1) is 18.4 Å². The number of aryl methyl sites for hydroxylation is 1. The maximum Gasteiger partial charge on any atom is 0.255 e. The largest absolute Gasteiger partial charge is 0.467 e. The molecule has 6 rings (SSSR count). The van der Waals surface area contributed by atoms with E-state index in [0.29, 0.717) is 12.5 Å². The first-order valence-electron chi connectivity index (χ1n) is 13.8. The third-order valence-electron chi connectivity index (χ3n) is 8.15. The number of nitrogens with zero attached hydrogens (tertiary/aromatic N) is 2. The van der Waals surface area contributed by atoms with Crippen LogP contribution in [0.5, 0.6) is 0 Å². The monoisotopic (exact) mass is 537 g/mol. The number of benzene rings is 2. The van der Waals surface area contributed by atoms with E-state index in [-0.39, 0.29) is 11.3 Å². The molecule has 0 saturated carbocycles. The van der Waals surface area contributed by atoms with Crippen molar-refractivity contribution in [2.75, 3.05) is 0 Å². The van der Waals surface area contributed by atoms with Crippen molar-refractivity contribution in [3.63, 3.8) is 0 Å². The molecule has 0 spiro atoms. The summed E-state index contributed by atoms with van der Waals surface area (Å²) in [6.45, 7) is 10.4. The quantitative estimate of drug-likeness (QED) is 0.222. The number of para-hydroxylation sites is 1. The van der Waals surface area contributed by atoms with Crippen molar-refractivity contribution < 1.29 is 9.21 Å². The molecule has 1 N–H and O–H groups in total.